The predicted molar refractivity (Wildman–Crippen MR) is 95.2 cm³/mol. The quantitative estimate of drug-likeness (QED) is 0.532. The van der Waals surface area contributed by atoms with Gasteiger partial charge in [-0.05, 0) is 43.3 Å². The lowest BCUT2D eigenvalue weighted by molar-refractivity contribution is 0.540. The van der Waals surface area contributed by atoms with Gasteiger partial charge < -0.3 is 4.42 Å². The normalized spacial score (nSPS) is 10.8. The number of aromatic nitrogens is 1. The summed E-state index contributed by atoms with van der Waals surface area (Å²) in [6, 6.07) is 18.4. The minimum absolute atomic E-state index is 0.710. The lowest BCUT2D eigenvalue weighted by atomic mass is 10.2. The van der Waals surface area contributed by atoms with Crippen molar-refractivity contribution in [2.45, 2.75) is 18.2 Å². The molecule has 3 rings (SSSR count). The Morgan fingerprint density at radius 1 is 1.05 bits per heavy atom. The molecule has 2 aromatic carbocycles. The Bertz CT molecular complexity index is 738. The molecule has 3 aromatic rings. The van der Waals surface area contributed by atoms with Gasteiger partial charge in [-0.25, -0.2) is 4.98 Å². The van der Waals surface area contributed by atoms with E-state index in [0.29, 0.717) is 5.89 Å². The van der Waals surface area contributed by atoms with E-state index in [1.165, 1.54) is 4.90 Å². The number of nitrogens with zero attached hydrogens (tertiary/aromatic N) is 1. The molecule has 4 heteroatoms. The van der Waals surface area contributed by atoms with Gasteiger partial charge in [-0.3, -0.25) is 0 Å². The summed E-state index contributed by atoms with van der Waals surface area (Å²) in [5.74, 6) is 2.61. The number of thioether (sulfide) groups is 1. The molecule has 1 aromatic heterocycles. The summed E-state index contributed by atoms with van der Waals surface area (Å²) in [5.41, 5.74) is 2.07. The highest BCUT2D eigenvalue weighted by Crippen LogP contribution is 2.25. The Balaban J connectivity index is 1.63. The van der Waals surface area contributed by atoms with Crippen molar-refractivity contribution in [3.8, 4) is 11.5 Å². The van der Waals surface area contributed by atoms with Crippen LogP contribution in [0.2, 0.25) is 0 Å². The molecule has 0 saturated heterocycles. The van der Waals surface area contributed by atoms with Crippen molar-refractivity contribution in [3.05, 3.63) is 70.5 Å². The molecular formula is C18H16BrNOS. The van der Waals surface area contributed by atoms with Crippen LogP contribution < -0.4 is 0 Å². The fourth-order valence-corrected chi connectivity index (χ4v) is 3.28. The Labute approximate surface area is 143 Å². The van der Waals surface area contributed by atoms with Crippen molar-refractivity contribution >= 4 is 27.7 Å². The van der Waals surface area contributed by atoms with Crippen molar-refractivity contribution in [3.63, 3.8) is 0 Å². The van der Waals surface area contributed by atoms with Crippen LogP contribution in [0.15, 0.2) is 68.4 Å². The van der Waals surface area contributed by atoms with Crippen LogP contribution in [0.3, 0.4) is 0 Å². The van der Waals surface area contributed by atoms with E-state index in [0.717, 1.165) is 33.7 Å². The van der Waals surface area contributed by atoms with Gasteiger partial charge in [0.05, 0.1) is 5.69 Å². The number of benzene rings is 2. The van der Waals surface area contributed by atoms with E-state index in [-0.39, 0.29) is 0 Å². The zero-order valence-corrected chi connectivity index (χ0v) is 14.7. The van der Waals surface area contributed by atoms with Crippen LogP contribution in [0, 0.1) is 6.92 Å². The lowest BCUT2D eigenvalue weighted by Gasteiger charge is -2.00. The summed E-state index contributed by atoms with van der Waals surface area (Å²) >= 11 is 5.29. The van der Waals surface area contributed by atoms with E-state index in [9.17, 15) is 0 Å². The van der Waals surface area contributed by atoms with E-state index in [1.807, 2.05) is 49.0 Å². The van der Waals surface area contributed by atoms with Gasteiger partial charge in [-0.2, -0.15) is 0 Å². The number of hydrogen-bond acceptors (Lipinski definition) is 3. The van der Waals surface area contributed by atoms with E-state index in [4.69, 9.17) is 4.42 Å². The van der Waals surface area contributed by atoms with Gasteiger partial charge in [0.1, 0.15) is 5.76 Å². The molecule has 0 amide bonds. The Hall–Kier alpha value is -1.52. The minimum Gasteiger partial charge on any atom is -0.441 e. The first-order valence-corrected chi connectivity index (χ1v) is 8.90. The summed E-state index contributed by atoms with van der Waals surface area (Å²) in [7, 11) is 0. The number of aryl methyl sites for hydroxylation is 2. The first kappa shape index (κ1) is 15.4. The van der Waals surface area contributed by atoms with E-state index >= 15 is 0 Å². The Kier molecular flexibility index (Phi) is 5.01. The zero-order valence-electron chi connectivity index (χ0n) is 12.3. The monoisotopic (exact) mass is 373 g/mol. The smallest absolute Gasteiger partial charge is 0.226 e. The van der Waals surface area contributed by atoms with E-state index in [2.05, 4.69) is 45.2 Å². The van der Waals surface area contributed by atoms with E-state index in [1.54, 1.807) is 0 Å². The summed E-state index contributed by atoms with van der Waals surface area (Å²) in [4.78, 5) is 5.91. The molecule has 0 bridgehead atoms. The molecule has 0 radical (unpaired) electrons. The van der Waals surface area contributed by atoms with Crippen LogP contribution in [0.5, 0.6) is 0 Å². The van der Waals surface area contributed by atoms with Crippen molar-refractivity contribution in [1.29, 1.82) is 0 Å². The van der Waals surface area contributed by atoms with Crippen LogP contribution in [-0.2, 0) is 6.42 Å². The van der Waals surface area contributed by atoms with Crippen LogP contribution >= 0.6 is 27.7 Å². The molecule has 1 heterocycles. The molecule has 22 heavy (non-hydrogen) atoms. The molecule has 2 nitrogen and oxygen atoms in total. The Morgan fingerprint density at radius 2 is 1.77 bits per heavy atom. The number of oxazole rings is 1. The van der Waals surface area contributed by atoms with Crippen molar-refractivity contribution in [2.24, 2.45) is 0 Å². The second-order valence-corrected chi connectivity index (χ2v) is 7.02. The molecule has 0 N–H and O–H groups in total. The van der Waals surface area contributed by atoms with Gasteiger partial charge in [0.25, 0.3) is 0 Å². The third kappa shape index (κ3) is 3.81. The summed E-state index contributed by atoms with van der Waals surface area (Å²) in [6.07, 6.45) is 0.906. The van der Waals surface area contributed by atoms with Crippen LogP contribution in [0.1, 0.15) is 11.5 Å². The fourth-order valence-electron chi connectivity index (χ4n) is 2.16. The van der Waals surface area contributed by atoms with Crippen molar-refractivity contribution in [1.82, 2.24) is 4.98 Å². The topological polar surface area (TPSA) is 26.0 Å². The molecule has 0 aliphatic heterocycles. The second kappa shape index (κ2) is 7.16. The third-order valence-electron chi connectivity index (χ3n) is 3.33. The van der Waals surface area contributed by atoms with Crippen LogP contribution in [-0.4, -0.2) is 10.7 Å². The number of hydrogen-bond donors (Lipinski definition) is 0. The average molecular weight is 374 g/mol. The highest BCUT2D eigenvalue weighted by Gasteiger charge is 2.11. The standard InChI is InChI=1S/C18H16BrNOS/c1-13-17(11-12-22-16-9-7-15(19)8-10-16)20-18(21-13)14-5-3-2-4-6-14/h2-10H,11-12H2,1H3. The zero-order chi connectivity index (χ0) is 15.4. The molecule has 0 aliphatic rings. The Morgan fingerprint density at radius 3 is 2.50 bits per heavy atom. The average Bonchev–Trinajstić information content (AvgIpc) is 2.91. The fraction of sp³-hybridized carbons (Fsp3) is 0.167. The van der Waals surface area contributed by atoms with Crippen molar-refractivity contribution < 1.29 is 4.42 Å². The van der Waals surface area contributed by atoms with E-state index < -0.39 is 0 Å². The molecule has 0 aliphatic carbocycles. The number of rotatable bonds is 5. The largest absolute Gasteiger partial charge is 0.441 e. The first-order valence-electron chi connectivity index (χ1n) is 7.12. The van der Waals surface area contributed by atoms with Crippen molar-refractivity contribution in [2.75, 3.05) is 5.75 Å². The third-order valence-corrected chi connectivity index (χ3v) is 4.88. The molecule has 0 fully saturated rings. The molecule has 0 saturated carbocycles. The maximum absolute atomic E-state index is 5.79. The van der Waals surface area contributed by atoms with Crippen LogP contribution in [0.25, 0.3) is 11.5 Å². The minimum atomic E-state index is 0.710. The highest BCUT2D eigenvalue weighted by molar-refractivity contribution is 9.10. The summed E-state index contributed by atoms with van der Waals surface area (Å²) < 4.78 is 6.90. The lowest BCUT2D eigenvalue weighted by Crippen LogP contribution is -1.91. The molecule has 0 spiro atoms. The summed E-state index contributed by atoms with van der Waals surface area (Å²) in [6.45, 7) is 1.99. The first-order chi connectivity index (χ1) is 10.7. The maximum atomic E-state index is 5.79. The van der Waals surface area contributed by atoms with Gasteiger partial charge in [-0.15, -0.1) is 11.8 Å². The molecular weight excluding hydrogens is 358 g/mol. The van der Waals surface area contributed by atoms with Gasteiger partial charge in [0.2, 0.25) is 5.89 Å². The maximum Gasteiger partial charge on any atom is 0.226 e. The highest BCUT2D eigenvalue weighted by atomic mass is 79.9. The van der Waals surface area contributed by atoms with Crippen LogP contribution in [0.4, 0.5) is 0 Å². The van der Waals surface area contributed by atoms with Gasteiger partial charge in [0.15, 0.2) is 0 Å². The number of halogens is 1. The van der Waals surface area contributed by atoms with Gasteiger partial charge >= 0.3 is 0 Å². The second-order valence-electron chi connectivity index (χ2n) is 4.94. The molecule has 0 atom stereocenters. The predicted octanol–water partition coefficient (Wildman–Crippen LogP) is 5.75. The van der Waals surface area contributed by atoms with Gasteiger partial charge in [0, 0.05) is 27.1 Å². The summed E-state index contributed by atoms with van der Waals surface area (Å²) in [5, 5.41) is 0. The molecule has 0 unspecified atom stereocenters. The SMILES string of the molecule is Cc1oc(-c2ccccc2)nc1CCSc1ccc(Br)cc1. The molecule has 112 valence electrons. The van der Waals surface area contributed by atoms with Gasteiger partial charge in [-0.1, -0.05) is 34.1 Å².